The Morgan fingerprint density at radius 3 is 2.83 bits per heavy atom. The number of H-pyrrole nitrogens is 1. The van der Waals surface area contributed by atoms with Crippen molar-refractivity contribution in [3.8, 4) is 11.3 Å². The van der Waals surface area contributed by atoms with Gasteiger partial charge in [-0.05, 0) is 56.0 Å². The number of halogens is 1. The number of benzene rings is 2. The summed E-state index contributed by atoms with van der Waals surface area (Å²) in [6, 6.07) is 14.3. The molecule has 1 saturated heterocycles. The van der Waals surface area contributed by atoms with Gasteiger partial charge in [0.15, 0.2) is 5.78 Å². The summed E-state index contributed by atoms with van der Waals surface area (Å²) < 4.78 is 13.2. The predicted octanol–water partition coefficient (Wildman–Crippen LogP) is 5.03. The Labute approximate surface area is 174 Å². The van der Waals surface area contributed by atoms with Crippen LogP contribution in [0, 0.1) is 11.7 Å². The van der Waals surface area contributed by atoms with Crippen molar-refractivity contribution in [3.63, 3.8) is 0 Å². The second kappa shape index (κ2) is 8.93. The molecule has 1 aliphatic heterocycles. The number of carbonyl (C=O) groups excluding carboxylic acids is 1. The van der Waals surface area contributed by atoms with E-state index >= 15 is 0 Å². The van der Waals surface area contributed by atoms with E-state index in [4.69, 9.17) is 0 Å². The van der Waals surface area contributed by atoms with Crippen molar-refractivity contribution >= 4 is 17.5 Å². The van der Waals surface area contributed by atoms with Gasteiger partial charge in [-0.25, -0.2) is 4.39 Å². The summed E-state index contributed by atoms with van der Waals surface area (Å²) in [6.45, 7) is 2.43. The number of thioether (sulfide) groups is 1. The van der Waals surface area contributed by atoms with Crippen molar-refractivity contribution in [2.24, 2.45) is 5.92 Å². The van der Waals surface area contributed by atoms with E-state index in [1.54, 1.807) is 23.9 Å². The molecule has 4 nitrogen and oxygen atoms in total. The molecule has 0 bridgehead atoms. The minimum absolute atomic E-state index is 0.0122. The van der Waals surface area contributed by atoms with E-state index in [1.807, 2.05) is 36.7 Å². The van der Waals surface area contributed by atoms with E-state index in [2.05, 4.69) is 15.1 Å². The normalized spacial score (nSPS) is 17.4. The van der Waals surface area contributed by atoms with Crippen LogP contribution in [0.1, 0.15) is 28.8 Å². The van der Waals surface area contributed by atoms with Gasteiger partial charge in [0.1, 0.15) is 5.82 Å². The van der Waals surface area contributed by atoms with Crippen LogP contribution >= 0.6 is 11.8 Å². The number of rotatable bonds is 6. The van der Waals surface area contributed by atoms with Gasteiger partial charge in [-0.3, -0.25) is 14.8 Å². The number of ketones is 1. The van der Waals surface area contributed by atoms with E-state index in [0.29, 0.717) is 0 Å². The number of nitrogens with one attached hydrogen (secondary N) is 1. The van der Waals surface area contributed by atoms with Gasteiger partial charge in [-0.1, -0.05) is 18.2 Å². The molecule has 0 radical (unpaired) electrons. The first-order valence-corrected chi connectivity index (χ1v) is 11.1. The smallest absolute Gasteiger partial charge is 0.168 e. The van der Waals surface area contributed by atoms with E-state index in [1.165, 1.54) is 12.1 Å². The van der Waals surface area contributed by atoms with Crippen LogP contribution in [0.2, 0.25) is 0 Å². The predicted molar refractivity (Wildman–Crippen MR) is 115 cm³/mol. The molecule has 2 aromatic carbocycles. The van der Waals surface area contributed by atoms with Crippen molar-refractivity contribution in [2.45, 2.75) is 24.3 Å². The molecule has 3 aromatic rings. The molecule has 6 heteroatoms. The first kappa shape index (κ1) is 19.9. The molecule has 1 N–H and O–H groups in total. The van der Waals surface area contributed by atoms with Gasteiger partial charge in [0.25, 0.3) is 0 Å². The highest BCUT2D eigenvalue weighted by atomic mass is 32.2. The van der Waals surface area contributed by atoms with Gasteiger partial charge in [-0.2, -0.15) is 5.10 Å². The average molecular weight is 410 g/mol. The minimum atomic E-state index is -0.252. The number of aromatic nitrogens is 2. The van der Waals surface area contributed by atoms with E-state index < -0.39 is 0 Å². The fourth-order valence-electron chi connectivity index (χ4n) is 4.02. The summed E-state index contributed by atoms with van der Waals surface area (Å²) in [4.78, 5) is 16.5. The summed E-state index contributed by atoms with van der Waals surface area (Å²) in [7, 11) is 0. The lowest BCUT2D eigenvalue weighted by Crippen LogP contribution is -2.38. The minimum Gasteiger partial charge on any atom is -0.298 e. The molecule has 4 rings (SSSR count). The van der Waals surface area contributed by atoms with Crippen LogP contribution in [-0.4, -0.2) is 40.2 Å². The Morgan fingerprint density at radius 2 is 2.03 bits per heavy atom. The summed E-state index contributed by atoms with van der Waals surface area (Å²) >= 11 is 1.62. The van der Waals surface area contributed by atoms with Crippen LogP contribution in [0.15, 0.2) is 59.6 Å². The summed E-state index contributed by atoms with van der Waals surface area (Å²) in [5.41, 5.74) is 3.72. The van der Waals surface area contributed by atoms with Crippen LogP contribution in [0.3, 0.4) is 0 Å². The molecule has 0 aliphatic carbocycles. The molecule has 0 unspecified atom stereocenters. The molecular formula is C23H24FN3OS. The molecular weight excluding hydrogens is 385 g/mol. The van der Waals surface area contributed by atoms with Crippen LogP contribution in [-0.2, 0) is 6.54 Å². The lowest BCUT2D eigenvalue weighted by Gasteiger charge is -2.32. The molecule has 0 saturated carbocycles. The fraction of sp³-hybridized carbons (Fsp3) is 0.304. The maximum atomic E-state index is 13.2. The Kier molecular flexibility index (Phi) is 6.11. The molecule has 1 fully saturated rings. The number of hydrogen-bond donors (Lipinski definition) is 1. The van der Waals surface area contributed by atoms with Crippen molar-refractivity contribution in [1.82, 2.24) is 15.1 Å². The lowest BCUT2D eigenvalue weighted by atomic mass is 9.89. The van der Waals surface area contributed by atoms with E-state index in [-0.39, 0.29) is 17.5 Å². The highest BCUT2D eigenvalue weighted by Gasteiger charge is 2.28. The van der Waals surface area contributed by atoms with Gasteiger partial charge >= 0.3 is 0 Å². The molecule has 1 aromatic heterocycles. The Hall–Kier alpha value is -2.44. The van der Waals surface area contributed by atoms with E-state index in [0.717, 1.165) is 59.8 Å². The van der Waals surface area contributed by atoms with Crippen LogP contribution in [0.25, 0.3) is 11.3 Å². The fourth-order valence-corrected chi connectivity index (χ4v) is 4.62. The quantitative estimate of drug-likeness (QED) is 0.458. The monoisotopic (exact) mass is 409 g/mol. The zero-order chi connectivity index (χ0) is 20.2. The highest BCUT2D eigenvalue weighted by molar-refractivity contribution is 7.98. The molecule has 1 atom stereocenters. The number of likely N-dealkylation sites (tertiary alicyclic amines) is 1. The Morgan fingerprint density at radius 1 is 1.24 bits per heavy atom. The SMILES string of the molecule is CSc1ccccc1C(=O)[C@H]1CCCN(Cc2cn[nH]c2-c2ccc(F)cc2)C1. The first-order chi connectivity index (χ1) is 14.2. The maximum absolute atomic E-state index is 13.2. The standard InChI is InChI=1S/C23H24FN3OS/c1-29-21-7-3-2-6-20(21)23(28)17-5-4-12-27(14-17)15-18-13-25-26-22(18)16-8-10-19(24)11-9-16/h2-3,6-11,13,17H,4-5,12,14-15H2,1H3,(H,25,26)/t17-/m0/s1. The number of hydrogen-bond acceptors (Lipinski definition) is 4. The van der Waals surface area contributed by atoms with Crippen LogP contribution < -0.4 is 0 Å². The van der Waals surface area contributed by atoms with Gasteiger partial charge in [0, 0.05) is 40.6 Å². The summed E-state index contributed by atoms with van der Waals surface area (Å²) in [5, 5.41) is 7.23. The van der Waals surface area contributed by atoms with Crippen molar-refractivity contribution < 1.29 is 9.18 Å². The third-order valence-electron chi connectivity index (χ3n) is 5.49. The number of aromatic amines is 1. The largest absolute Gasteiger partial charge is 0.298 e. The average Bonchev–Trinajstić information content (AvgIpc) is 3.22. The lowest BCUT2D eigenvalue weighted by molar-refractivity contribution is 0.0809. The van der Waals surface area contributed by atoms with Gasteiger partial charge < -0.3 is 0 Å². The molecule has 0 amide bonds. The van der Waals surface area contributed by atoms with Gasteiger partial charge in [-0.15, -0.1) is 11.8 Å². The summed E-state index contributed by atoms with van der Waals surface area (Å²) in [6.07, 6.45) is 5.76. The molecule has 2 heterocycles. The third kappa shape index (κ3) is 4.43. The van der Waals surface area contributed by atoms with Crippen LogP contribution in [0.5, 0.6) is 0 Å². The maximum Gasteiger partial charge on any atom is 0.168 e. The second-order valence-corrected chi connectivity index (χ2v) is 8.26. The molecule has 0 spiro atoms. The van der Waals surface area contributed by atoms with Crippen molar-refractivity contribution in [1.29, 1.82) is 0 Å². The Bertz CT molecular complexity index is 986. The van der Waals surface area contributed by atoms with Gasteiger partial charge in [0.05, 0.1) is 11.9 Å². The second-order valence-electron chi connectivity index (χ2n) is 7.42. The topological polar surface area (TPSA) is 49.0 Å². The zero-order valence-electron chi connectivity index (χ0n) is 16.4. The number of Topliss-reactive ketones (excluding diaryl/α,β-unsaturated/α-hetero) is 1. The van der Waals surface area contributed by atoms with Crippen LogP contribution in [0.4, 0.5) is 4.39 Å². The summed E-state index contributed by atoms with van der Waals surface area (Å²) in [5.74, 6) is 0.00143. The number of piperidine rings is 1. The molecule has 29 heavy (non-hydrogen) atoms. The highest BCUT2D eigenvalue weighted by Crippen LogP contribution is 2.29. The van der Waals surface area contributed by atoms with Crippen molar-refractivity contribution in [3.05, 3.63) is 71.7 Å². The molecule has 150 valence electrons. The third-order valence-corrected chi connectivity index (χ3v) is 6.29. The van der Waals surface area contributed by atoms with Crippen molar-refractivity contribution in [2.75, 3.05) is 19.3 Å². The molecule has 1 aliphatic rings. The number of nitrogens with zero attached hydrogens (tertiary/aromatic N) is 2. The number of carbonyl (C=O) groups is 1. The zero-order valence-corrected chi connectivity index (χ0v) is 17.2. The van der Waals surface area contributed by atoms with E-state index in [9.17, 15) is 9.18 Å². The first-order valence-electron chi connectivity index (χ1n) is 9.83. The van der Waals surface area contributed by atoms with Gasteiger partial charge in [0.2, 0.25) is 0 Å². The Balaban J connectivity index is 1.48.